The molecule has 1 aliphatic rings. The molecule has 2 rings (SSSR count). The number of halogens is 2. The maximum Gasteiger partial charge on any atom is 0.194 e. The van der Waals surface area contributed by atoms with E-state index in [1.807, 2.05) is 0 Å². The molecule has 1 N–H and O–H groups in total. The number of hydrogen-bond donors (Lipinski definition) is 1. The molecule has 13 heavy (non-hydrogen) atoms. The molecule has 70 valence electrons. The average molecular weight is 220 g/mol. The van der Waals surface area contributed by atoms with Crippen LogP contribution in [0.2, 0.25) is 10.3 Å². The van der Waals surface area contributed by atoms with Crippen LogP contribution in [0.4, 0.5) is 0 Å². The first-order chi connectivity index (χ1) is 6.27. The molecule has 0 radical (unpaired) electrons. The number of nitrogens with zero attached hydrogens (tertiary/aromatic N) is 2. The van der Waals surface area contributed by atoms with Gasteiger partial charge in [-0.3, -0.25) is 0 Å². The van der Waals surface area contributed by atoms with Crippen LogP contribution < -0.4 is 10.1 Å². The fourth-order valence-electron chi connectivity index (χ4n) is 0.942. The first kappa shape index (κ1) is 8.99. The molecule has 0 aromatic carbocycles. The maximum atomic E-state index is 5.77. The highest BCUT2D eigenvalue weighted by Crippen LogP contribution is 2.29. The fourth-order valence-corrected chi connectivity index (χ4v) is 1.35. The van der Waals surface area contributed by atoms with Gasteiger partial charge in [0.15, 0.2) is 16.1 Å². The zero-order valence-electron chi connectivity index (χ0n) is 6.63. The Morgan fingerprint density at radius 2 is 1.92 bits per heavy atom. The highest BCUT2D eigenvalue weighted by Gasteiger charge is 2.21. The normalized spacial score (nSPS) is 16.8. The Balaban J connectivity index is 2.17. The van der Waals surface area contributed by atoms with Gasteiger partial charge >= 0.3 is 0 Å². The summed E-state index contributed by atoms with van der Waals surface area (Å²) in [5, 5.41) is 3.58. The first-order valence-corrected chi connectivity index (χ1v) is 4.56. The Bertz CT molecular complexity index is 296. The van der Waals surface area contributed by atoms with Gasteiger partial charge in [-0.2, -0.15) is 0 Å². The summed E-state index contributed by atoms with van der Waals surface area (Å²) in [6.07, 6.45) is 1.43. The summed E-state index contributed by atoms with van der Waals surface area (Å²) in [5.74, 6) is 0.373. The van der Waals surface area contributed by atoms with Crippen LogP contribution in [-0.4, -0.2) is 29.2 Å². The van der Waals surface area contributed by atoms with Gasteiger partial charge in [0, 0.05) is 13.1 Å². The molecule has 1 saturated heterocycles. The molecular weight excluding hydrogens is 213 g/mol. The van der Waals surface area contributed by atoms with Crippen LogP contribution in [0.5, 0.6) is 5.75 Å². The minimum Gasteiger partial charge on any atom is -0.481 e. The van der Waals surface area contributed by atoms with Crippen LogP contribution >= 0.6 is 23.2 Å². The first-order valence-electron chi connectivity index (χ1n) is 3.81. The van der Waals surface area contributed by atoms with Gasteiger partial charge in [0.25, 0.3) is 0 Å². The molecule has 0 saturated carbocycles. The van der Waals surface area contributed by atoms with Gasteiger partial charge in [-0.25, -0.2) is 9.97 Å². The van der Waals surface area contributed by atoms with Crippen molar-refractivity contribution in [1.82, 2.24) is 15.3 Å². The predicted octanol–water partition coefficient (Wildman–Crippen LogP) is 1.13. The Morgan fingerprint density at radius 3 is 2.38 bits per heavy atom. The average Bonchev–Trinajstić information content (AvgIpc) is 2.00. The number of rotatable bonds is 2. The zero-order chi connectivity index (χ0) is 9.26. The van der Waals surface area contributed by atoms with Gasteiger partial charge in [0.2, 0.25) is 0 Å². The molecule has 0 aliphatic carbocycles. The molecule has 0 bridgehead atoms. The lowest BCUT2D eigenvalue weighted by Gasteiger charge is -2.27. The number of hydrogen-bond acceptors (Lipinski definition) is 4. The van der Waals surface area contributed by atoms with Crippen molar-refractivity contribution in [3.63, 3.8) is 0 Å². The molecular formula is C7H7Cl2N3O. The van der Waals surface area contributed by atoms with Crippen molar-refractivity contribution < 1.29 is 4.74 Å². The number of aromatic nitrogens is 2. The summed E-state index contributed by atoms with van der Waals surface area (Å²) in [4.78, 5) is 7.55. The van der Waals surface area contributed by atoms with E-state index in [1.54, 1.807) is 0 Å². The second-order valence-corrected chi connectivity index (χ2v) is 3.40. The van der Waals surface area contributed by atoms with Gasteiger partial charge in [0.1, 0.15) is 12.4 Å². The summed E-state index contributed by atoms with van der Waals surface area (Å²) in [6.45, 7) is 1.61. The lowest BCUT2D eigenvalue weighted by Crippen LogP contribution is -2.50. The molecule has 1 aromatic rings. The lowest BCUT2D eigenvalue weighted by molar-refractivity contribution is 0.141. The Morgan fingerprint density at radius 1 is 1.31 bits per heavy atom. The Hall–Kier alpha value is -0.580. The minimum absolute atomic E-state index is 0.126. The molecule has 1 fully saturated rings. The topological polar surface area (TPSA) is 47.0 Å². The molecule has 6 heteroatoms. The largest absolute Gasteiger partial charge is 0.481 e. The third-order valence-corrected chi connectivity index (χ3v) is 2.28. The van der Waals surface area contributed by atoms with Gasteiger partial charge in [-0.1, -0.05) is 23.2 Å². The molecule has 4 nitrogen and oxygen atoms in total. The van der Waals surface area contributed by atoms with Crippen LogP contribution in [0.15, 0.2) is 6.33 Å². The third kappa shape index (κ3) is 1.85. The summed E-state index contributed by atoms with van der Waals surface area (Å²) in [6, 6.07) is 0. The van der Waals surface area contributed by atoms with Crippen molar-refractivity contribution in [3.05, 3.63) is 16.6 Å². The summed E-state index contributed by atoms with van der Waals surface area (Å²) in [7, 11) is 0. The van der Waals surface area contributed by atoms with Crippen LogP contribution in [-0.2, 0) is 0 Å². The second kappa shape index (κ2) is 3.65. The Labute approximate surface area is 85.2 Å². The van der Waals surface area contributed by atoms with E-state index in [-0.39, 0.29) is 16.4 Å². The lowest BCUT2D eigenvalue weighted by atomic mass is 10.2. The van der Waals surface area contributed by atoms with Crippen LogP contribution in [0.25, 0.3) is 0 Å². The van der Waals surface area contributed by atoms with Gasteiger partial charge in [0.05, 0.1) is 0 Å². The monoisotopic (exact) mass is 219 g/mol. The quantitative estimate of drug-likeness (QED) is 0.759. The SMILES string of the molecule is Clc1ncnc(Cl)c1OC1CNC1. The number of ether oxygens (including phenoxy) is 1. The van der Waals surface area contributed by atoms with Gasteiger partial charge in [-0.05, 0) is 0 Å². The van der Waals surface area contributed by atoms with E-state index in [4.69, 9.17) is 27.9 Å². The predicted molar refractivity (Wildman–Crippen MR) is 49.3 cm³/mol. The van der Waals surface area contributed by atoms with Gasteiger partial charge in [-0.15, -0.1) is 0 Å². The standard InChI is InChI=1S/C7H7Cl2N3O/c8-6-5(7(9)12-3-11-6)13-4-1-10-2-4/h3-4,10H,1-2H2. The van der Waals surface area contributed by atoms with E-state index in [0.717, 1.165) is 13.1 Å². The van der Waals surface area contributed by atoms with E-state index in [9.17, 15) is 0 Å². The van der Waals surface area contributed by atoms with Crippen LogP contribution in [0, 0.1) is 0 Å². The molecule has 2 heterocycles. The van der Waals surface area contributed by atoms with Crippen molar-refractivity contribution >= 4 is 23.2 Å². The van der Waals surface area contributed by atoms with E-state index >= 15 is 0 Å². The van der Waals surface area contributed by atoms with Crippen molar-refractivity contribution in [1.29, 1.82) is 0 Å². The summed E-state index contributed by atoms with van der Waals surface area (Å²) < 4.78 is 5.46. The zero-order valence-corrected chi connectivity index (χ0v) is 8.14. The highest BCUT2D eigenvalue weighted by molar-refractivity contribution is 6.35. The maximum absolute atomic E-state index is 5.77. The van der Waals surface area contributed by atoms with E-state index < -0.39 is 0 Å². The molecule has 1 aromatic heterocycles. The summed E-state index contributed by atoms with van der Waals surface area (Å²) in [5.41, 5.74) is 0. The van der Waals surface area contributed by atoms with E-state index in [0.29, 0.717) is 5.75 Å². The second-order valence-electron chi connectivity index (χ2n) is 2.68. The molecule has 0 amide bonds. The Kier molecular flexibility index (Phi) is 2.53. The van der Waals surface area contributed by atoms with Crippen LogP contribution in [0.3, 0.4) is 0 Å². The summed E-state index contributed by atoms with van der Waals surface area (Å²) >= 11 is 11.5. The number of nitrogens with one attached hydrogen (secondary N) is 1. The highest BCUT2D eigenvalue weighted by atomic mass is 35.5. The van der Waals surface area contributed by atoms with Crippen molar-refractivity contribution in [2.45, 2.75) is 6.10 Å². The smallest absolute Gasteiger partial charge is 0.194 e. The molecule has 0 unspecified atom stereocenters. The molecule has 1 aliphatic heterocycles. The van der Waals surface area contributed by atoms with Crippen molar-refractivity contribution in [2.75, 3.05) is 13.1 Å². The van der Waals surface area contributed by atoms with E-state index in [2.05, 4.69) is 15.3 Å². The van der Waals surface area contributed by atoms with Crippen molar-refractivity contribution in [3.8, 4) is 5.75 Å². The van der Waals surface area contributed by atoms with Crippen molar-refractivity contribution in [2.24, 2.45) is 0 Å². The van der Waals surface area contributed by atoms with Gasteiger partial charge < -0.3 is 10.1 Å². The third-order valence-electron chi connectivity index (χ3n) is 1.75. The fraction of sp³-hybridized carbons (Fsp3) is 0.429. The van der Waals surface area contributed by atoms with E-state index in [1.165, 1.54) is 6.33 Å². The van der Waals surface area contributed by atoms with Crippen LogP contribution in [0.1, 0.15) is 0 Å². The minimum atomic E-state index is 0.126. The molecule has 0 atom stereocenters. The molecule has 0 spiro atoms.